The van der Waals surface area contributed by atoms with E-state index in [2.05, 4.69) is 27.7 Å². The first kappa shape index (κ1) is 55.5. The number of ether oxygens (including phenoxy) is 1. The molecule has 336 valence electrons. The Balaban J connectivity index is 4.71. The number of hydrogen-bond donors (Lipinski definition) is 4. The zero-order valence-electron chi connectivity index (χ0n) is 38.0. The Morgan fingerprint density at radius 2 is 0.632 bits per heavy atom. The Morgan fingerprint density at radius 1 is 0.386 bits per heavy atom. The molecule has 0 aromatic carbocycles. The number of aliphatic hydroxyl groups excluding tert-OH is 2. The van der Waals surface area contributed by atoms with E-state index in [0.717, 1.165) is 75.4 Å². The van der Waals surface area contributed by atoms with Gasteiger partial charge < -0.3 is 25.2 Å². The number of hydrogen-bond acceptors (Lipinski definition) is 7. The average Bonchev–Trinajstić information content (AvgIpc) is 3.21. The van der Waals surface area contributed by atoms with E-state index in [0.29, 0.717) is 0 Å². The molecule has 7 nitrogen and oxygen atoms in total. The summed E-state index contributed by atoms with van der Waals surface area (Å²) in [6, 6.07) is 0. The van der Waals surface area contributed by atoms with Gasteiger partial charge >= 0.3 is 11.9 Å². The molecule has 57 heavy (non-hydrogen) atoms. The molecule has 0 radical (unpaired) electrons. The van der Waals surface area contributed by atoms with Gasteiger partial charge in [0.2, 0.25) is 0 Å². The fourth-order valence-corrected chi connectivity index (χ4v) is 7.72. The third kappa shape index (κ3) is 30.2. The smallest absolute Gasteiger partial charge is 0.348 e. The molecular formula is C50H94O7. The first-order chi connectivity index (χ1) is 27.7. The van der Waals surface area contributed by atoms with Crippen molar-refractivity contribution in [2.24, 2.45) is 0 Å². The highest BCUT2D eigenvalue weighted by molar-refractivity contribution is 5.94. The lowest BCUT2D eigenvalue weighted by atomic mass is 9.94. The third-order valence-electron chi connectivity index (χ3n) is 11.8. The van der Waals surface area contributed by atoms with E-state index in [9.17, 15) is 30.0 Å². The van der Waals surface area contributed by atoms with Crippen LogP contribution in [0.5, 0.6) is 0 Å². The van der Waals surface area contributed by atoms with Gasteiger partial charge in [0, 0.05) is 12.8 Å². The van der Waals surface area contributed by atoms with Gasteiger partial charge in [-0.25, -0.2) is 9.59 Å². The van der Waals surface area contributed by atoms with Crippen LogP contribution in [0.15, 0.2) is 23.3 Å². The van der Waals surface area contributed by atoms with Gasteiger partial charge in [-0.2, -0.15) is 0 Å². The fourth-order valence-electron chi connectivity index (χ4n) is 7.72. The van der Waals surface area contributed by atoms with E-state index >= 15 is 0 Å². The maximum atomic E-state index is 13.0. The summed E-state index contributed by atoms with van der Waals surface area (Å²) >= 11 is 0. The number of unbranched alkanes of at least 4 members (excludes halogenated alkanes) is 26. The van der Waals surface area contributed by atoms with Crippen molar-refractivity contribution < 1.29 is 34.8 Å². The number of carbonyl (C=O) groups is 2. The van der Waals surface area contributed by atoms with Crippen molar-refractivity contribution >= 4 is 11.9 Å². The lowest BCUT2D eigenvalue weighted by molar-refractivity contribution is -0.189. The Morgan fingerprint density at radius 3 is 0.860 bits per heavy atom. The summed E-state index contributed by atoms with van der Waals surface area (Å²) in [4.78, 5) is 26.1. The zero-order chi connectivity index (χ0) is 42.3. The van der Waals surface area contributed by atoms with Gasteiger partial charge in [0.15, 0.2) is 11.2 Å². The van der Waals surface area contributed by atoms with Crippen molar-refractivity contribution in [1.82, 2.24) is 0 Å². The van der Waals surface area contributed by atoms with E-state index in [1.165, 1.54) is 154 Å². The minimum Gasteiger partial charge on any atom is -0.393 e. The van der Waals surface area contributed by atoms with Crippen LogP contribution in [0.2, 0.25) is 0 Å². The first-order valence-electron chi connectivity index (χ1n) is 24.4. The Bertz CT molecular complexity index is 929. The molecule has 7 heteroatoms. The van der Waals surface area contributed by atoms with Crippen molar-refractivity contribution in [3.05, 3.63) is 23.3 Å². The van der Waals surface area contributed by atoms with E-state index in [-0.39, 0.29) is 12.8 Å². The molecule has 0 rings (SSSR count). The third-order valence-corrected chi connectivity index (χ3v) is 11.8. The number of aliphatic hydroxyl groups is 4. The first-order valence-corrected chi connectivity index (χ1v) is 24.4. The van der Waals surface area contributed by atoms with Crippen LogP contribution in [0.1, 0.15) is 259 Å². The van der Waals surface area contributed by atoms with Crippen LogP contribution in [-0.2, 0) is 14.3 Å². The van der Waals surface area contributed by atoms with Gasteiger partial charge in [0.1, 0.15) is 0 Å². The Kier molecular flexibility index (Phi) is 37.6. The van der Waals surface area contributed by atoms with Crippen LogP contribution < -0.4 is 0 Å². The molecule has 0 heterocycles. The zero-order valence-corrected chi connectivity index (χ0v) is 38.0. The summed E-state index contributed by atoms with van der Waals surface area (Å²) in [6.45, 7) is 6.84. The highest BCUT2D eigenvalue weighted by Gasteiger charge is 2.43. The molecular weight excluding hydrogens is 713 g/mol. The van der Waals surface area contributed by atoms with Gasteiger partial charge in [-0.15, -0.1) is 0 Å². The van der Waals surface area contributed by atoms with Crippen LogP contribution in [0, 0.1) is 0 Å². The molecule has 0 aliphatic heterocycles. The second-order valence-electron chi connectivity index (χ2n) is 17.4. The molecule has 4 N–H and O–H groups in total. The van der Waals surface area contributed by atoms with Crippen molar-refractivity contribution in [1.29, 1.82) is 0 Å². The van der Waals surface area contributed by atoms with Crippen molar-refractivity contribution in [3.63, 3.8) is 0 Å². The van der Waals surface area contributed by atoms with E-state index in [4.69, 9.17) is 4.74 Å². The molecule has 0 aromatic rings. The Hall–Kier alpha value is -1.54. The summed E-state index contributed by atoms with van der Waals surface area (Å²) in [5.41, 5.74) is -2.42. The predicted molar refractivity (Wildman–Crippen MR) is 240 cm³/mol. The minimum atomic E-state index is -2.32. The number of esters is 2. The molecule has 0 aliphatic carbocycles. The van der Waals surface area contributed by atoms with Gasteiger partial charge in [0.05, 0.1) is 13.2 Å². The van der Waals surface area contributed by atoms with Crippen molar-refractivity contribution in [3.8, 4) is 0 Å². The number of carbonyl (C=O) groups excluding carboxylic acids is 2. The van der Waals surface area contributed by atoms with Gasteiger partial charge in [0.25, 0.3) is 0 Å². The SMILES string of the molecule is CCCCCCCCCCCCCCCCC(=CCC(O)(CO)C(=O)OC(=O)C(O)(CO)CC=C(CCC)CCCCCCCCCCCCCCCC)CCC. The van der Waals surface area contributed by atoms with E-state index in [1.54, 1.807) is 12.2 Å². The van der Waals surface area contributed by atoms with Gasteiger partial charge in [-0.3, -0.25) is 0 Å². The molecule has 0 saturated carbocycles. The normalized spacial score (nSPS) is 14.5. The lowest BCUT2D eigenvalue weighted by Crippen LogP contribution is -2.50. The van der Waals surface area contributed by atoms with Gasteiger partial charge in [-0.1, -0.05) is 231 Å². The monoisotopic (exact) mass is 807 g/mol. The van der Waals surface area contributed by atoms with Crippen molar-refractivity contribution in [2.45, 2.75) is 270 Å². The molecule has 2 atom stereocenters. The molecule has 2 unspecified atom stereocenters. The quantitative estimate of drug-likeness (QED) is 0.0209. The molecule has 0 fully saturated rings. The topological polar surface area (TPSA) is 124 Å². The summed E-state index contributed by atoms with van der Waals surface area (Å²) in [5, 5.41) is 42.2. The maximum absolute atomic E-state index is 13.0. The summed E-state index contributed by atoms with van der Waals surface area (Å²) in [7, 11) is 0. The van der Waals surface area contributed by atoms with E-state index in [1.807, 2.05) is 0 Å². The maximum Gasteiger partial charge on any atom is 0.348 e. The summed E-state index contributed by atoms with van der Waals surface area (Å²) in [6.07, 6.45) is 44.7. The van der Waals surface area contributed by atoms with E-state index < -0.39 is 36.4 Å². The van der Waals surface area contributed by atoms with Crippen molar-refractivity contribution in [2.75, 3.05) is 13.2 Å². The van der Waals surface area contributed by atoms with Crippen LogP contribution in [0.25, 0.3) is 0 Å². The lowest BCUT2D eigenvalue weighted by Gasteiger charge is -2.26. The Labute approximate surface area is 352 Å². The largest absolute Gasteiger partial charge is 0.393 e. The molecule has 0 amide bonds. The standard InChI is InChI=1S/C50H94O7/c1-5-9-11-13-15-17-19-21-23-25-27-29-31-33-37-45(35-7-3)39-41-49(55,43-51)47(53)57-48(54)50(56,44-52)42-40-46(36-8-4)38-34-32-30-28-26-24-22-20-18-16-14-12-10-6-2/h39-40,51-52,55-56H,5-38,41-44H2,1-4H3. The molecule has 0 bridgehead atoms. The molecule has 0 aromatic heterocycles. The average molecular weight is 807 g/mol. The summed E-state index contributed by atoms with van der Waals surface area (Å²) < 4.78 is 4.96. The second-order valence-corrected chi connectivity index (χ2v) is 17.4. The highest BCUT2D eigenvalue weighted by atomic mass is 16.6. The number of rotatable bonds is 42. The molecule has 0 aliphatic rings. The fraction of sp³-hybridized carbons (Fsp3) is 0.880. The highest BCUT2D eigenvalue weighted by Crippen LogP contribution is 2.25. The van der Waals surface area contributed by atoms with Crippen LogP contribution in [0.3, 0.4) is 0 Å². The van der Waals surface area contributed by atoms with Crippen LogP contribution in [0.4, 0.5) is 0 Å². The molecule has 0 saturated heterocycles. The summed E-state index contributed by atoms with van der Waals surface area (Å²) in [5.74, 6) is -2.63. The molecule has 0 spiro atoms. The second kappa shape index (κ2) is 38.6. The minimum absolute atomic E-state index is 0.194. The number of allylic oxidation sites excluding steroid dienone is 2. The van der Waals surface area contributed by atoms with Gasteiger partial charge in [-0.05, 0) is 38.5 Å². The van der Waals surface area contributed by atoms with Crippen LogP contribution >= 0.6 is 0 Å². The van der Waals surface area contributed by atoms with Crippen LogP contribution in [-0.4, -0.2) is 56.8 Å². The predicted octanol–water partition coefficient (Wildman–Crippen LogP) is 13.5.